The Bertz CT molecular complexity index is 469. The van der Waals surface area contributed by atoms with Crippen molar-refractivity contribution in [2.24, 2.45) is 0 Å². The zero-order valence-electron chi connectivity index (χ0n) is 12.8. The second kappa shape index (κ2) is 8.22. The first-order valence-electron chi connectivity index (χ1n) is 7.64. The van der Waals surface area contributed by atoms with Gasteiger partial charge < -0.3 is 10.6 Å². The second-order valence-corrected chi connectivity index (χ2v) is 6.43. The monoisotopic (exact) mass is 308 g/mol. The Labute approximate surface area is 130 Å². The summed E-state index contributed by atoms with van der Waals surface area (Å²) in [6.45, 7) is 2.92. The molecule has 1 aromatic heterocycles. The van der Waals surface area contributed by atoms with Gasteiger partial charge in [0.2, 0.25) is 0 Å². The van der Waals surface area contributed by atoms with Gasteiger partial charge in [-0.1, -0.05) is 19.8 Å². The molecule has 0 aliphatic heterocycles. The van der Waals surface area contributed by atoms with Gasteiger partial charge in [-0.2, -0.15) is 11.8 Å². The molecule has 5 nitrogen and oxygen atoms in total. The molecule has 116 valence electrons. The van der Waals surface area contributed by atoms with E-state index in [0.29, 0.717) is 16.8 Å². The molecule has 0 aromatic carbocycles. The van der Waals surface area contributed by atoms with Gasteiger partial charge in [-0.05, 0) is 25.5 Å². The van der Waals surface area contributed by atoms with Crippen LogP contribution in [-0.2, 0) is 0 Å². The van der Waals surface area contributed by atoms with Crippen molar-refractivity contribution in [3.63, 3.8) is 0 Å². The minimum absolute atomic E-state index is 0.117. The van der Waals surface area contributed by atoms with E-state index in [2.05, 4.69) is 33.8 Å². The average molecular weight is 308 g/mol. The summed E-state index contributed by atoms with van der Waals surface area (Å²) in [5.74, 6) is 0.545. The molecule has 2 N–H and O–H groups in total. The summed E-state index contributed by atoms with van der Waals surface area (Å²) in [6, 6.07) is 0.246. The number of hydrogen-bond acceptors (Lipinski definition) is 5. The predicted molar refractivity (Wildman–Crippen MR) is 87.8 cm³/mol. The van der Waals surface area contributed by atoms with Crippen LogP contribution < -0.4 is 10.6 Å². The van der Waals surface area contributed by atoms with Crippen molar-refractivity contribution in [1.82, 2.24) is 15.3 Å². The quantitative estimate of drug-likeness (QED) is 0.846. The van der Waals surface area contributed by atoms with Gasteiger partial charge >= 0.3 is 0 Å². The molecule has 2 unspecified atom stereocenters. The highest BCUT2D eigenvalue weighted by molar-refractivity contribution is 7.99. The van der Waals surface area contributed by atoms with Crippen LogP contribution in [0, 0.1) is 0 Å². The van der Waals surface area contributed by atoms with E-state index in [1.165, 1.54) is 25.5 Å². The molecule has 1 aliphatic rings. The second-order valence-electron chi connectivity index (χ2n) is 5.35. The molecular formula is C15H24N4OS. The third-order valence-electron chi connectivity index (χ3n) is 3.75. The maximum atomic E-state index is 12.3. The van der Waals surface area contributed by atoms with Crippen LogP contribution in [0.4, 0.5) is 5.82 Å². The maximum Gasteiger partial charge on any atom is 0.271 e. The van der Waals surface area contributed by atoms with Crippen LogP contribution in [0.1, 0.15) is 49.5 Å². The molecule has 1 aromatic rings. The van der Waals surface area contributed by atoms with E-state index in [1.807, 2.05) is 11.8 Å². The van der Waals surface area contributed by atoms with Crippen LogP contribution >= 0.6 is 11.8 Å². The zero-order valence-corrected chi connectivity index (χ0v) is 13.6. The van der Waals surface area contributed by atoms with Crippen LogP contribution in [0.15, 0.2) is 12.4 Å². The summed E-state index contributed by atoms with van der Waals surface area (Å²) >= 11 is 1.84. The lowest BCUT2D eigenvalue weighted by Crippen LogP contribution is -2.44. The summed E-state index contributed by atoms with van der Waals surface area (Å²) < 4.78 is 0. The molecule has 1 heterocycles. The first kappa shape index (κ1) is 16.1. The van der Waals surface area contributed by atoms with Crippen LogP contribution in [0.2, 0.25) is 0 Å². The molecular weight excluding hydrogens is 284 g/mol. The Morgan fingerprint density at radius 3 is 2.95 bits per heavy atom. The van der Waals surface area contributed by atoms with Crippen LogP contribution in [-0.4, -0.2) is 40.0 Å². The van der Waals surface area contributed by atoms with E-state index >= 15 is 0 Å². The van der Waals surface area contributed by atoms with Gasteiger partial charge in [0, 0.05) is 17.8 Å². The molecule has 1 fully saturated rings. The fraction of sp³-hybridized carbons (Fsp3) is 0.667. The normalized spacial score (nSPS) is 21.8. The molecule has 21 heavy (non-hydrogen) atoms. The van der Waals surface area contributed by atoms with Crippen molar-refractivity contribution in [2.45, 2.75) is 50.3 Å². The molecule has 0 saturated heterocycles. The van der Waals surface area contributed by atoms with Crippen LogP contribution in [0.25, 0.3) is 0 Å². The van der Waals surface area contributed by atoms with Crippen molar-refractivity contribution in [3.8, 4) is 0 Å². The molecule has 0 radical (unpaired) electrons. The van der Waals surface area contributed by atoms with Gasteiger partial charge in [0.1, 0.15) is 11.5 Å². The number of anilines is 1. The van der Waals surface area contributed by atoms with Crippen molar-refractivity contribution in [1.29, 1.82) is 0 Å². The summed E-state index contributed by atoms with van der Waals surface area (Å²) in [6.07, 6.45) is 11.0. The van der Waals surface area contributed by atoms with E-state index in [0.717, 1.165) is 19.4 Å². The van der Waals surface area contributed by atoms with Gasteiger partial charge in [0.25, 0.3) is 5.91 Å². The highest BCUT2D eigenvalue weighted by Gasteiger charge is 2.26. The van der Waals surface area contributed by atoms with E-state index in [-0.39, 0.29) is 11.9 Å². The van der Waals surface area contributed by atoms with E-state index in [1.54, 1.807) is 6.20 Å². The predicted octanol–water partition coefficient (Wildman–Crippen LogP) is 2.70. The number of carbonyl (C=O) groups excluding carboxylic acids is 1. The van der Waals surface area contributed by atoms with Crippen molar-refractivity contribution >= 4 is 23.5 Å². The van der Waals surface area contributed by atoms with Crippen LogP contribution in [0.3, 0.4) is 0 Å². The topological polar surface area (TPSA) is 66.9 Å². The standard InChI is InChI=1S/C15H24N4OS/c1-3-8-17-14-10-16-9-12(18-14)15(20)19-11-6-4-5-7-13(11)21-2/h9-11,13H,3-8H2,1-2H3,(H,17,18)(H,19,20). The van der Waals surface area contributed by atoms with Gasteiger partial charge in [0.15, 0.2) is 0 Å². The molecule has 0 spiro atoms. The van der Waals surface area contributed by atoms with E-state index in [4.69, 9.17) is 0 Å². The van der Waals surface area contributed by atoms with Crippen molar-refractivity contribution in [2.75, 3.05) is 18.1 Å². The fourth-order valence-electron chi connectivity index (χ4n) is 2.60. The Balaban J connectivity index is 1.98. The number of nitrogens with one attached hydrogen (secondary N) is 2. The van der Waals surface area contributed by atoms with Crippen molar-refractivity contribution in [3.05, 3.63) is 18.1 Å². The largest absolute Gasteiger partial charge is 0.369 e. The maximum absolute atomic E-state index is 12.3. The number of carbonyl (C=O) groups is 1. The molecule has 1 aliphatic carbocycles. The minimum Gasteiger partial charge on any atom is -0.369 e. The molecule has 1 amide bonds. The number of hydrogen-bond donors (Lipinski definition) is 2. The van der Waals surface area contributed by atoms with Gasteiger partial charge in [0.05, 0.1) is 12.4 Å². The third kappa shape index (κ3) is 4.59. The zero-order chi connectivity index (χ0) is 15.1. The lowest BCUT2D eigenvalue weighted by molar-refractivity contribution is 0.0924. The Hall–Kier alpha value is -1.30. The lowest BCUT2D eigenvalue weighted by Gasteiger charge is -2.30. The van der Waals surface area contributed by atoms with E-state index in [9.17, 15) is 4.79 Å². The first-order chi connectivity index (χ1) is 10.2. The van der Waals surface area contributed by atoms with Gasteiger partial charge in [-0.15, -0.1) is 0 Å². The fourth-order valence-corrected chi connectivity index (χ4v) is 3.54. The number of amides is 1. The van der Waals surface area contributed by atoms with Gasteiger partial charge in [-0.25, -0.2) is 4.98 Å². The summed E-state index contributed by atoms with van der Waals surface area (Å²) in [5, 5.41) is 6.80. The summed E-state index contributed by atoms with van der Waals surface area (Å²) in [4.78, 5) is 20.8. The molecule has 2 rings (SSSR count). The number of thioether (sulfide) groups is 1. The van der Waals surface area contributed by atoms with E-state index < -0.39 is 0 Å². The number of rotatable bonds is 6. The molecule has 0 bridgehead atoms. The number of aromatic nitrogens is 2. The highest BCUT2D eigenvalue weighted by atomic mass is 32.2. The van der Waals surface area contributed by atoms with Gasteiger partial charge in [-0.3, -0.25) is 9.78 Å². The van der Waals surface area contributed by atoms with Crippen molar-refractivity contribution < 1.29 is 4.79 Å². The first-order valence-corrected chi connectivity index (χ1v) is 8.93. The average Bonchev–Trinajstić information content (AvgIpc) is 2.53. The Kier molecular flexibility index (Phi) is 6.29. The summed E-state index contributed by atoms with van der Waals surface area (Å²) in [5.41, 5.74) is 0.390. The van der Waals surface area contributed by atoms with Crippen LogP contribution in [0.5, 0.6) is 0 Å². The Morgan fingerprint density at radius 2 is 2.19 bits per heavy atom. The highest BCUT2D eigenvalue weighted by Crippen LogP contribution is 2.27. The smallest absolute Gasteiger partial charge is 0.271 e. The SMILES string of the molecule is CCCNc1cncc(C(=O)NC2CCCCC2SC)n1. The molecule has 2 atom stereocenters. The minimum atomic E-state index is -0.117. The lowest BCUT2D eigenvalue weighted by atomic mass is 9.95. The third-order valence-corrected chi connectivity index (χ3v) is 4.91. The molecule has 1 saturated carbocycles. The number of nitrogens with zero attached hydrogens (tertiary/aromatic N) is 2. The molecule has 6 heteroatoms. The summed E-state index contributed by atoms with van der Waals surface area (Å²) in [7, 11) is 0. The Morgan fingerprint density at radius 1 is 1.38 bits per heavy atom.